The topological polar surface area (TPSA) is 16.1 Å². The van der Waals surface area contributed by atoms with Gasteiger partial charge in [0.1, 0.15) is 0 Å². The number of pyridine rings is 1. The van der Waals surface area contributed by atoms with Gasteiger partial charge in [0.2, 0.25) is 0 Å². The van der Waals surface area contributed by atoms with Gasteiger partial charge in [0.05, 0.1) is 11.9 Å². The summed E-state index contributed by atoms with van der Waals surface area (Å²) in [4.78, 5) is 6.58. The summed E-state index contributed by atoms with van der Waals surface area (Å²) in [7, 11) is 0. The molecule has 92 valence electrons. The Morgan fingerprint density at radius 2 is 2.06 bits per heavy atom. The molecule has 18 heavy (non-hydrogen) atoms. The second-order valence-electron chi connectivity index (χ2n) is 4.52. The number of hydrogen-bond acceptors (Lipinski definition) is 2. The molecule has 1 aromatic carbocycles. The Kier molecular flexibility index (Phi) is 3.20. The summed E-state index contributed by atoms with van der Waals surface area (Å²) in [5.74, 6) is 0.524. The molecular formula is C15H15ClN2. The molecule has 0 atom stereocenters. The molecule has 2 heterocycles. The van der Waals surface area contributed by atoms with Crippen LogP contribution in [0.15, 0.2) is 42.7 Å². The Morgan fingerprint density at radius 1 is 1.17 bits per heavy atom. The molecule has 0 spiro atoms. The minimum Gasteiger partial charge on any atom is -0.340 e. The quantitative estimate of drug-likeness (QED) is 0.760. The number of nitrogens with zero attached hydrogens (tertiary/aromatic N) is 2. The van der Waals surface area contributed by atoms with Gasteiger partial charge < -0.3 is 4.90 Å². The van der Waals surface area contributed by atoms with Crippen molar-refractivity contribution < 1.29 is 0 Å². The lowest BCUT2D eigenvalue weighted by Gasteiger charge is -2.32. The van der Waals surface area contributed by atoms with Crippen LogP contribution < -0.4 is 4.90 Å². The highest BCUT2D eigenvalue weighted by atomic mass is 35.5. The summed E-state index contributed by atoms with van der Waals surface area (Å²) in [6, 6.07) is 10.6. The average Bonchev–Trinajstić information content (AvgIpc) is 2.46. The maximum Gasteiger partial charge on any atom is 0.0642 e. The summed E-state index contributed by atoms with van der Waals surface area (Å²) < 4.78 is 0. The highest BCUT2D eigenvalue weighted by Crippen LogP contribution is 2.34. The minimum absolute atomic E-state index is 0.524. The Labute approximate surface area is 112 Å². The third-order valence-electron chi connectivity index (χ3n) is 3.43. The van der Waals surface area contributed by atoms with Gasteiger partial charge in [-0.15, -0.1) is 11.6 Å². The van der Waals surface area contributed by atoms with Crippen molar-refractivity contribution in [2.75, 3.05) is 11.4 Å². The monoisotopic (exact) mass is 258 g/mol. The minimum atomic E-state index is 0.524. The average molecular weight is 259 g/mol. The number of para-hydroxylation sites is 1. The van der Waals surface area contributed by atoms with E-state index in [1.165, 1.54) is 17.7 Å². The van der Waals surface area contributed by atoms with Crippen molar-refractivity contribution in [3.05, 3.63) is 53.9 Å². The smallest absolute Gasteiger partial charge is 0.0642 e. The van der Waals surface area contributed by atoms with Crippen LogP contribution in [-0.4, -0.2) is 11.5 Å². The molecule has 3 heteroatoms. The maximum atomic E-state index is 6.02. The number of aryl methyl sites for hydroxylation is 1. The Bertz CT molecular complexity index is 554. The fraction of sp³-hybridized carbons (Fsp3) is 0.267. The molecule has 0 bridgehead atoms. The third kappa shape index (κ3) is 1.97. The van der Waals surface area contributed by atoms with E-state index in [0.717, 1.165) is 24.2 Å². The molecule has 0 saturated carbocycles. The van der Waals surface area contributed by atoms with Crippen LogP contribution in [0.2, 0.25) is 0 Å². The Balaban J connectivity index is 2.08. The van der Waals surface area contributed by atoms with Gasteiger partial charge in [-0.2, -0.15) is 0 Å². The largest absolute Gasteiger partial charge is 0.340 e. The number of fused-ring (bicyclic) bond motifs is 1. The van der Waals surface area contributed by atoms with E-state index >= 15 is 0 Å². The maximum absolute atomic E-state index is 6.02. The second-order valence-corrected chi connectivity index (χ2v) is 4.79. The van der Waals surface area contributed by atoms with Gasteiger partial charge in [0, 0.05) is 24.3 Å². The molecule has 3 rings (SSSR count). The Morgan fingerprint density at radius 3 is 2.94 bits per heavy atom. The van der Waals surface area contributed by atoms with E-state index in [-0.39, 0.29) is 0 Å². The van der Waals surface area contributed by atoms with E-state index in [1.807, 2.05) is 12.3 Å². The van der Waals surface area contributed by atoms with Gasteiger partial charge in [-0.3, -0.25) is 4.98 Å². The molecule has 1 aromatic heterocycles. The number of halogens is 1. The van der Waals surface area contributed by atoms with E-state index < -0.39 is 0 Å². The lowest BCUT2D eigenvalue weighted by Crippen LogP contribution is -2.25. The molecule has 0 amide bonds. The van der Waals surface area contributed by atoms with E-state index in [0.29, 0.717) is 5.88 Å². The molecule has 0 N–H and O–H groups in total. The van der Waals surface area contributed by atoms with Gasteiger partial charge in [0.15, 0.2) is 0 Å². The molecule has 0 radical (unpaired) electrons. The summed E-state index contributed by atoms with van der Waals surface area (Å²) in [6.07, 6.45) is 6.05. The van der Waals surface area contributed by atoms with Crippen molar-refractivity contribution >= 4 is 23.0 Å². The molecular weight excluding hydrogens is 244 g/mol. The number of alkyl halides is 1. The van der Waals surface area contributed by atoms with E-state index in [4.69, 9.17) is 11.6 Å². The van der Waals surface area contributed by atoms with Crippen LogP contribution in [0, 0.1) is 0 Å². The zero-order valence-corrected chi connectivity index (χ0v) is 10.9. The third-order valence-corrected chi connectivity index (χ3v) is 3.72. The summed E-state index contributed by atoms with van der Waals surface area (Å²) in [5.41, 5.74) is 4.99. The van der Waals surface area contributed by atoms with Crippen LogP contribution in [-0.2, 0) is 12.3 Å². The molecule has 0 fully saturated rings. The first kappa shape index (κ1) is 11.5. The van der Waals surface area contributed by atoms with Crippen molar-refractivity contribution in [2.45, 2.75) is 18.7 Å². The molecule has 1 aliphatic rings. The molecule has 0 saturated heterocycles. The van der Waals surface area contributed by atoms with Crippen molar-refractivity contribution in [3.8, 4) is 0 Å². The fourth-order valence-electron chi connectivity index (χ4n) is 2.55. The molecule has 2 aromatic rings. The lowest BCUT2D eigenvalue weighted by atomic mass is 10.0. The van der Waals surface area contributed by atoms with Crippen LogP contribution in [0.4, 0.5) is 11.4 Å². The standard InChI is InChI=1S/C15H15ClN2/c16-10-13-7-8-17-11-15(13)18-9-3-5-12-4-1-2-6-14(12)18/h1-2,4,6-8,11H,3,5,9-10H2. The van der Waals surface area contributed by atoms with Gasteiger partial charge in [-0.25, -0.2) is 0 Å². The van der Waals surface area contributed by atoms with Crippen molar-refractivity contribution in [3.63, 3.8) is 0 Å². The summed E-state index contributed by atoms with van der Waals surface area (Å²) in [6.45, 7) is 1.03. The lowest BCUT2D eigenvalue weighted by molar-refractivity contribution is 0.764. The summed E-state index contributed by atoms with van der Waals surface area (Å²) >= 11 is 6.02. The zero-order chi connectivity index (χ0) is 12.4. The fourth-order valence-corrected chi connectivity index (χ4v) is 2.78. The van der Waals surface area contributed by atoms with Crippen molar-refractivity contribution in [1.82, 2.24) is 4.98 Å². The first-order valence-electron chi connectivity index (χ1n) is 6.24. The van der Waals surface area contributed by atoms with Crippen LogP contribution in [0.1, 0.15) is 17.5 Å². The van der Waals surface area contributed by atoms with Gasteiger partial charge >= 0.3 is 0 Å². The summed E-state index contributed by atoms with van der Waals surface area (Å²) in [5, 5.41) is 0. The van der Waals surface area contributed by atoms with Crippen molar-refractivity contribution in [2.24, 2.45) is 0 Å². The van der Waals surface area contributed by atoms with E-state index in [1.54, 1.807) is 6.20 Å². The number of benzene rings is 1. The number of rotatable bonds is 2. The van der Waals surface area contributed by atoms with Crippen LogP contribution in [0.25, 0.3) is 0 Å². The molecule has 0 unspecified atom stereocenters. The number of hydrogen-bond donors (Lipinski definition) is 0. The normalized spacial score (nSPS) is 14.4. The number of aromatic nitrogens is 1. The predicted molar refractivity (Wildman–Crippen MR) is 75.6 cm³/mol. The molecule has 0 aliphatic carbocycles. The molecule has 1 aliphatic heterocycles. The van der Waals surface area contributed by atoms with Crippen LogP contribution in [0.3, 0.4) is 0 Å². The highest BCUT2D eigenvalue weighted by molar-refractivity contribution is 6.17. The number of anilines is 2. The van der Waals surface area contributed by atoms with E-state index in [2.05, 4.69) is 34.1 Å². The van der Waals surface area contributed by atoms with Crippen LogP contribution >= 0.6 is 11.6 Å². The van der Waals surface area contributed by atoms with Gasteiger partial charge in [-0.05, 0) is 36.1 Å². The van der Waals surface area contributed by atoms with Crippen LogP contribution in [0.5, 0.6) is 0 Å². The highest BCUT2D eigenvalue weighted by Gasteiger charge is 2.19. The van der Waals surface area contributed by atoms with E-state index in [9.17, 15) is 0 Å². The van der Waals surface area contributed by atoms with Gasteiger partial charge in [-0.1, -0.05) is 18.2 Å². The first-order chi connectivity index (χ1) is 8.90. The molecule has 2 nitrogen and oxygen atoms in total. The zero-order valence-electron chi connectivity index (χ0n) is 10.1. The Hall–Kier alpha value is -1.54. The van der Waals surface area contributed by atoms with Gasteiger partial charge in [0.25, 0.3) is 0 Å². The first-order valence-corrected chi connectivity index (χ1v) is 6.78. The second kappa shape index (κ2) is 4.99. The SMILES string of the molecule is ClCc1ccncc1N1CCCc2ccccc21. The van der Waals surface area contributed by atoms with Crippen molar-refractivity contribution in [1.29, 1.82) is 0 Å². The predicted octanol–water partition coefficient (Wildman–Crippen LogP) is 3.90.